The fourth-order valence-corrected chi connectivity index (χ4v) is 5.64. The molecule has 1 unspecified atom stereocenters. The zero-order valence-electron chi connectivity index (χ0n) is 21.0. The third kappa shape index (κ3) is 7.78. The van der Waals surface area contributed by atoms with E-state index in [1.54, 1.807) is 41.3 Å². The first-order valence-corrected chi connectivity index (χ1v) is 14.4. The molecule has 1 fully saturated rings. The van der Waals surface area contributed by atoms with Gasteiger partial charge in [-0.1, -0.05) is 50.1 Å². The monoisotopic (exact) mass is 517 g/mol. The first-order valence-electron chi connectivity index (χ1n) is 12.6. The summed E-state index contributed by atoms with van der Waals surface area (Å²) in [5, 5.41) is 3.10. The van der Waals surface area contributed by atoms with Gasteiger partial charge in [-0.3, -0.25) is 13.9 Å². The quantitative estimate of drug-likeness (QED) is 0.456. The van der Waals surface area contributed by atoms with Crippen molar-refractivity contribution < 1.29 is 22.4 Å². The standard InChI is InChI=1S/C27H36FN3O4S/c1-3-25(27(33)29-23-10-7-8-11-23)30(20-21-15-17-22(28)18-16-21)26(32)14-9-19-31(36(2,34)35)24-12-5-4-6-13-24/h4-6,12-13,15-18,23,25H,3,7-11,14,19-20H2,1-2H3,(H,29,33). The number of rotatable bonds is 12. The van der Waals surface area contributed by atoms with Crippen LogP contribution in [0.25, 0.3) is 0 Å². The average Bonchev–Trinajstić information content (AvgIpc) is 3.35. The largest absolute Gasteiger partial charge is 0.352 e. The second-order valence-corrected chi connectivity index (χ2v) is 11.2. The minimum Gasteiger partial charge on any atom is -0.352 e. The summed E-state index contributed by atoms with van der Waals surface area (Å²) in [6.45, 7) is 2.18. The van der Waals surface area contributed by atoms with Crippen molar-refractivity contribution in [2.45, 2.75) is 70.5 Å². The van der Waals surface area contributed by atoms with E-state index in [-0.39, 0.29) is 43.2 Å². The third-order valence-corrected chi connectivity index (χ3v) is 7.74. The lowest BCUT2D eigenvalue weighted by Crippen LogP contribution is -2.51. The Morgan fingerprint density at radius 1 is 1.06 bits per heavy atom. The van der Waals surface area contributed by atoms with Crippen molar-refractivity contribution in [2.75, 3.05) is 17.1 Å². The van der Waals surface area contributed by atoms with Crippen LogP contribution in [0.5, 0.6) is 0 Å². The van der Waals surface area contributed by atoms with Gasteiger partial charge in [0, 0.05) is 25.6 Å². The van der Waals surface area contributed by atoms with Crippen molar-refractivity contribution in [2.24, 2.45) is 0 Å². The molecule has 2 amide bonds. The van der Waals surface area contributed by atoms with Crippen molar-refractivity contribution in [3.05, 3.63) is 66.0 Å². The summed E-state index contributed by atoms with van der Waals surface area (Å²) in [5.74, 6) is -0.791. The van der Waals surface area contributed by atoms with E-state index in [9.17, 15) is 22.4 Å². The fraction of sp³-hybridized carbons (Fsp3) is 0.481. The van der Waals surface area contributed by atoms with Gasteiger partial charge in [-0.25, -0.2) is 12.8 Å². The number of para-hydroxylation sites is 1. The maximum absolute atomic E-state index is 13.4. The second-order valence-electron chi connectivity index (χ2n) is 9.34. The Bertz CT molecular complexity index is 1100. The minimum absolute atomic E-state index is 0.0766. The number of amides is 2. The van der Waals surface area contributed by atoms with Crippen molar-refractivity contribution in [1.29, 1.82) is 0 Å². The number of nitrogens with zero attached hydrogens (tertiary/aromatic N) is 2. The molecule has 0 heterocycles. The molecule has 0 spiro atoms. The fourth-order valence-electron chi connectivity index (χ4n) is 4.67. The molecule has 1 atom stereocenters. The van der Waals surface area contributed by atoms with Gasteiger partial charge in [-0.05, 0) is 55.5 Å². The van der Waals surface area contributed by atoms with E-state index in [4.69, 9.17) is 0 Å². The number of sulfonamides is 1. The molecule has 36 heavy (non-hydrogen) atoms. The lowest BCUT2D eigenvalue weighted by atomic mass is 10.1. The van der Waals surface area contributed by atoms with Crippen LogP contribution in [-0.4, -0.2) is 50.0 Å². The molecule has 2 aromatic rings. The first-order chi connectivity index (χ1) is 17.2. The second kappa shape index (κ2) is 12.9. The number of nitrogens with one attached hydrogen (secondary N) is 1. The number of halogens is 1. The van der Waals surface area contributed by atoms with Crippen LogP contribution in [0.15, 0.2) is 54.6 Å². The van der Waals surface area contributed by atoms with Gasteiger partial charge in [0.1, 0.15) is 11.9 Å². The van der Waals surface area contributed by atoms with Gasteiger partial charge in [-0.15, -0.1) is 0 Å². The van der Waals surface area contributed by atoms with E-state index in [1.165, 1.54) is 16.4 Å². The molecule has 0 bridgehead atoms. The summed E-state index contributed by atoms with van der Waals surface area (Å²) >= 11 is 0. The lowest BCUT2D eigenvalue weighted by molar-refractivity contribution is -0.141. The van der Waals surface area contributed by atoms with Gasteiger partial charge in [0.05, 0.1) is 11.9 Å². The molecular formula is C27H36FN3O4S. The molecule has 0 radical (unpaired) electrons. The molecule has 0 saturated heterocycles. The molecule has 1 N–H and O–H groups in total. The molecular weight excluding hydrogens is 481 g/mol. The predicted octanol–water partition coefficient (Wildman–Crippen LogP) is 4.24. The molecule has 2 aromatic carbocycles. The van der Waals surface area contributed by atoms with E-state index in [0.29, 0.717) is 18.5 Å². The molecule has 196 valence electrons. The summed E-state index contributed by atoms with van der Waals surface area (Å²) in [7, 11) is -3.53. The summed E-state index contributed by atoms with van der Waals surface area (Å²) in [5.41, 5.74) is 1.26. The van der Waals surface area contributed by atoms with Gasteiger partial charge < -0.3 is 10.2 Å². The summed E-state index contributed by atoms with van der Waals surface area (Å²) < 4.78 is 39.5. The Hall–Kier alpha value is -2.94. The molecule has 0 aliphatic heterocycles. The number of benzene rings is 2. The van der Waals surface area contributed by atoms with Crippen molar-refractivity contribution in [3.63, 3.8) is 0 Å². The van der Waals surface area contributed by atoms with E-state index in [0.717, 1.165) is 37.5 Å². The average molecular weight is 518 g/mol. The van der Waals surface area contributed by atoms with Gasteiger partial charge >= 0.3 is 0 Å². The maximum atomic E-state index is 13.4. The summed E-state index contributed by atoms with van der Waals surface area (Å²) in [4.78, 5) is 28.1. The van der Waals surface area contributed by atoms with Crippen LogP contribution in [0.3, 0.4) is 0 Å². The van der Waals surface area contributed by atoms with Crippen molar-refractivity contribution >= 4 is 27.5 Å². The molecule has 0 aromatic heterocycles. The smallest absolute Gasteiger partial charge is 0.243 e. The molecule has 1 saturated carbocycles. The molecule has 9 heteroatoms. The highest BCUT2D eigenvalue weighted by Crippen LogP contribution is 2.21. The van der Waals surface area contributed by atoms with Gasteiger partial charge in [0.2, 0.25) is 21.8 Å². The van der Waals surface area contributed by atoms with Crippen molar-refractivity contribution in [3.8, 4) is 0 Å². The minimum atomic E-state index is -3.53. The Kier molecular flexibility index (Phi) is 9.87. The topological polar surface area (TPSA) is 86.8 Å². The summed E-state index contributed by atoms with van der Waals surface area (Å²) in [6, 6.07) is 14.1. The van der Waals surface area contributed by atoms with E-state index >= 15 is 0 Å². The number of hydrogen-bond donors (Lipinski definition) is 1. The Balaban J connectivity index is 1.74. The predicted molar refractivity (Wildman–Crippen MR) is 139 cm³/mol. The van der Waals surface area contributed by atoms with Gasteiger partial charge in [0.25, 0.3) is 0 Å². The summed E-state index contributed by atoms with van der Waals surface area (Å²) in [6.07, 6.45) is 5.99. The number of carbonyl (C=O) groups excluding carboxylic acids is 2. The van der Waals surface area contributed by atoms with Gasteiger partial charge in [0.15, 0.2) is 0 Å². The van der Waals surface area contributed by atoms with Crippen LogP contribution in [0, 0.1) is 5.82 Å². The van der Waals surface area contributed by atoms with E-state index < -0.39 is 16.1 Å². The molecule has 7 nitrogen and oxygen atoms in total. The number of anilines is 1. The van der Waals surface area contributed by atoms with Crippen LogP contribution in [0.4, 0.5) is 10.1 Å². The van der Waals surface area contributed by atoms with Crippen LogP contribution < -0.4 is 9.62 Å². The lowest BCUT2D eigenvalue weighted by Gasteiger charge is -2.32. The van der Waals surface area contributed by atoms with Crippen LogP contribution >= 0.6 is 0 Å². The van der Waals surface area contributed by atoms with Crippen LogP contribution in [-0.2, 0) is 26.2 Å². The number of carbonyl (C=O) groups is 2. The molecule has 1 aliphatic rings. The van der Waals surface area contributed by atoms with Crippen LogP contribution in [0.1, 0.15) is 57.4 Å². The Morgan fingerprint density at radius 2 is 1.69 bits per heavy atom. The van der Waals surface area contributed by atoms with Crippen LogP contribution in [0.2, 0.25) is 0 Å². The highest BCUT2D eigenvalue weighted by atomic mass is 32.2. The zero-order valence-corrected chi connectivity index (χ0v) is 21.8. The number of hydrogen-bond acceptors (Lipinski definition) is 4. The highest BCUT2D eigenvalue weighted by Gasteiger charge is 2.30. The zero-order chi connectivity index (χ0) is 26.1. The molecule has 1 aliphatic carbocycles. The molecule has 3 rings (SSSR count). The Morgan fingerprint density at radius 3 is 2.28 bits per heavy atom. The first kappa shape index (κ1) is 27.6. The van der Waals surface area contributed by atoms with E-state index in [2.05, 4.69) is 5.32 Å². The highest BCUT2D eigenvalue weighted by molar-refractivity contribution is 7.92. The normalized spacial score (nSPS) is 14.9. The van der Waals surface area contributed by atoms with Crippen molar-refractivity contribution in [1.82, 2.24) is 10.2 Å². The third-order valence-electron chi connectivity index (χ3n) is 6.55. The SMILES string of the molecule is CCC(C(=O)NC1CCCC1)N(Cc1ccc(F)cc1)C(=O)CCCN(c1ccccc1)S(C)(=O)=O. The maximum Gasteiger partial charge on any atom is 0.243 e. The Labute approximate surface area is 213 Å². The van der Waals surface area contributed by atoms with Gasteiger partial charge in [-0.2, -0.15) is 0 Å². The van der Waals surface area contributed by atoms with E-state index in [1.807, 2.05) is 13.0 Å².